The Morgan fingerprint density at radius 1 is 1.24 bits per heavy atom. The molecular weight excluding hydrogens is 266 g/mol. The summed E-state index contributed by atoms with van der Waals surface area (Å²) in [6.07, 6.45) is 5.15. The highest BCUT2D eigenvalue weighted by Gasteiger charge is 2.24. The Morgan fingerprint density at radius 2 is 2.05 bits per heavy atom. The number of anilines is 1. The van der Waals surface area contributed by atoms with Crippen LogP contribution in [0.25, 0.3) is 0 Å². The molecule has 0 unspecified atom stereocenters. The van der Waals surface area contributed by atoms with Crippen LogP contribution < -0.4 is 4.90 Å². The lowest BCUT2D eigenvalue weighted by atomic mass is 10.0. The van der Waals surface area contributed by atoms with Crippen LogP contribution in [-0.2, 0) is 4.74 Å². The first-order chi connectivity index (χ1) is 10.3. The Morgan fingerprint density at radius 3 is 2.71 bits per heavy atom. The lowest BCUT2D eigenvalue weighted by Crippen LogP contribution is -2.42. The van der Waals surface area contributed by atoms with E-state index < -0.39 is 0 Å². The minimum atomic E-state index is 0.114. The monoisotopic (exact) mass is 289 g/mol. The van der Waals surface area contributed by atoms with E-state index in [1.807, 2.05) is 17.0 Å². The zero-order chi connectivity index (χ0) is 14.7. The number of ether oxygens (including phenoxy) is 1. The van der Waals surface area contributed by atoms with Crippen molar-refractivity contribution in [2.75, 3.05) is 37.7 Å². The van der Waals surface area contributed by atoms with Gasteiger partial charge in [0.15, 0.2) is 0 Å². The summed E-state index contributed by atoms with van der Waals surface area (Å²) in [6.45, 7) is 6.21. The lowest BCUT2D eigenvalue weighted by Gasteiger charge is -2.33. The van der Waals surface area contributed by atoms with Gasteiger partial charge in [-0.3, -0.25) is 4.79 Å². The van der Waals surface area contributed by atoms with Crippen LogP contribution in [0.5, 0.6) is 0 Å². The molecule has 114 valence electrons. The molecule has 0 radical (unpaired) electrons. The van der Waals surface area contributed by atoms with Gasteiger partial charge in [-0.05, 0) is 38.3 Å². The summed E-state index contributed by atoms with van der Waals surface area (Å²) in [6, 6.07) is 4.19. The van der Waals surface area contributed by atoms with Crippen LogP contribution in [0.4, 0.5) is 5.82 Å². The molecule has 21 heavy (non-hydrogen) atoms. The summed E-state index contributed by atoms with van der Waals surface area (Å²) >= 11 is 0. The average molecular weight is 289 g/mol. The van der Waals surface area contributed by atoms with Crippen LogP contribution in [0, 0.1) is 0 Å². The van der Waals surface area contributed by atoms with Gasteiger partial charge < -0.3 is 14.5 Å². The first-order valence-electron chi connectivity index (χ1n) is 7.85. The Kier molecular flexibility index (Phi) is 4.39. The van der Waals surface area contributed by atoms with Crippen molar-refractivity contribution in [3.8, 4) is 0 Å². The van der Waals surface area contributed by atoms with Gasteiger partial charge in [-0.15, -0.1) is 0 Å². The Labute approximate surface area is 125 Å². The van der Waals surface area contributed by atoms with Gasteiger partial charge in [0, 0.05) is 31.9 Å². The largest absolute Gasteiger partial charge is 0.378 e. The number of carbonyl (C=O) groups excluding carboxylic acids is 1. The van der Waals surface area contributed by atoms with E-state index in [1.54, 1.807) is 6.20 Å². The van der Waals surface area contributed by atoms with Crippen molar-refractivity contribution in [1.29, 1.82) is 0 Å². The molecular formula is C16H23N3O2. The van der Waals surface area contributed by atoms with E-state index in [9.17, 15) is 4.79 Å². The average Bonchev–Trinajstić information content (AvgIpc) is 2.56. The maximum Gasteiger partial charge on any atom is 0.255 e. The number of nitrogens with zero attached hydrogens (tertiary/aromatic N) is 3. The summed E-state index contributed by atoms with van der Waals surface area (Å²) in [4.78, 5) is 21.2. The summed E-state index contributed by atoms with van der Waals surface area (Å²) in [5, 5.41) is 0. The summed E-state index contributed by atoms with van der Waals surface area (Å²) in [7, 11) is 0. The number of morpholine rings is 1. The molecule has 1 amide bonds. The molecule has 2 aliphatic heterocycles. The molecule has 0 spiro atoms. The second kappa shape index (κ2) is 6.43. The quantitative estimate of drug-likeness (QED) is 0.834. The number of likely N-dealkylation sites (tertiary alicyclic amines) is 1. The Bertz CT molecular complexity index is 483. The molecule has 1 aromatic rings. The maximum absolute atomic E-state index is 12.6. The standard InChI is InChI=1S/C16H23N3O2/c1-13-4-2-3-7-19(13)16(20)14-5-6-15(17-12-14)18-8-10-21-11-9-18/h5-6,12-13H,2-4,7-11H2,1H3/t13-/m0/s1. The van der Waals surface area contributed by atoms with Gasteiger partial charge in [0.25, 0.3) is 5.91 Å². The number of carbonyl (C=O) groups is 1. The number of piperidine rings is 1. The molecule has 2 aliphatic rings. The molecule has 0 N–H and O–H groups in total. The minimum absolute atomic E-state index is 0.114. The second-order valence-electron chi connectivity index (χ2n) is 5.85. The molecule has 2 fully saturated rings. The van der Waals surface area contributed by atoms with E-state index in [-0.39, 0.29) is 5.91 Å². The number of hydrogen-bond acceptors (Lipinski definition) is 4. The maximum atomic E-state index is 12.6. The smallest absolute Gasteiger partial charge is 0.255 e. The van der Waals surface area contributed by atoms with E-state index in [2.05, 4.69) is 16.8 Å². The van der Waals surface area contributed by atoms with Gasteiger partial charge >= 0.3 is 0 Å². The van der Waals surface area contributed by atoms with Gasteiger partial charge in [-0.1, -0.05) is 0 Å². The molecule has 0 bridgehead atoms. The van der Waals surface area contributed by atoms with Crippen molar-refractivity contribution in [3.63, 3.8) is 0 Å². The van der Waals surface area contributed by atoms with Crippen molar-refractivity contribution < 1.29 is 9.53 Å². The molecule has 3 heterocycles. The fourth-order valence-corrected chi connectivity index (χ4v) is 3.06. The van der Waals surface area contributed by atoms with Crippen molar-refractivity contribution in [2.24, 2.45) is 0 Å². The van der Waals surface area contributed by atoms with Crippen LogP contribution in [0.2, 0.25) is 0 Å². The van der Waals surface area contributed by atoms with E-state index >= 15 is 0 Å². The third kappa shape index (κ3) is 3.18. The number of pyridine rings is 1. The Balaban J connectivity index is 1.69. The first-order valence-corrected chi connectivity index (χ1v) is 7.85. The molecule has 2 saturated heterocycles. The van der Waals surface area contributed by atoms with E-state index in [0.717, 1.165) is 51.5 Å². The van der Waals surface area contributed by atoms with E-state index in [1.165, 1.54) is 6.42 Å². The van der Waals surface area contributed by atoms with Gasteiger partial charge in [0.1, 0.15) is 5.82 Å². The number of aromatic nitrogens is 1. The predicted molar refractivity (Wildman–Crippen MR) is 81.6 cm³/mol. The van der Waals surface area contributed by atoms with Gasteiger partial charge in [-0.25, -0.2) is 4.98 Å². The molecule has 5 nitrogen and oxygen atoms in total. The zero-order valence-electron chi connectivity index (χ0n) is 12.6. The van der Waals surface area contributed by atoms with Crippen LogP contribution in [0.3, 0.4) is 0 Å². The first kappa shape index (κ1) is 14.3. The summed E-state index contributed by atoms with van der Waals surface area (Å²) in [5.41, 5.74) is 0.695. The van der Waals surface area contributed by atoms with Crippen LogP contribution in [0.1, 0.15) is 36.5 Å². The highest BCUT2D eigenvalue weighted by molar-refractivity contribution is 5.94. The summed E-state index contributed by atoms with van der Waals surface area (Å²) < 4.78 is 5.34. The highest BCUT2D eigenvalue weighted by Crippen LogP contribution is 2.20. The van der Waals surface area contributed by atoms with Crippen molar-refractivity contribution >= 4 is 11.7 Å². The molecule has 0 aromatic carbocycles. The second-order valence-corrected chi connectivity index (χ2v) is 5.85. The molecule has 0 aliphatic carbocycles. The number of rotatable bonds is 2. The minimum Gasteiger partial charge on any atom is -0.378 e. The normalized spacial score (nSPS) is 23.2. The highest BCUT2D eigenvalue weighted by atomic mass is 16.5. The van der Waals surface area contributed by atoms with E-state index in [4.69, 9.17) is 4.74 Å². The molecule has 1 atom stereocenters. The van der Waals surface area contributed by atoms with Crippen LogP contribution >= 0.6 is 0 Å². The number of amides is 1. The molecule has 5 heteroatoms. The molecule has 1 aromatic heterocycles. The predicted octanol–water partition coefficient (Wildman–Crippen LogP) is 1.93. The van der Waals surface area contributed by atoms with Crippen molar-refractivity contribution in [3.05, 3.63) is 23.9 Å². The van der Waals surface area contributed by atoms with Crippen LogP contribution in [0.15, 0.2) is 18.3 Å². The SMILES string of the molecule is C[C@H]1CCCCN1C(=O)c1ccc(N2CCOCC2)nc1. The van der Waals surface area contributed by atoms with Gasteiger partial charge in [0.05, 0.1) is 18.8 Å². The zero-order valence-corrected chi connectivity index (χ0v) is 12.6. The van der Waals surface area contributed by atoms with Crippen molar-refractivity contribution in [1.82, 2.24) is 9.88 Å². The van der Waals surface area contributed by atoms with Crippen LogP contribution in [-0.4, -0.2) is 54.7 Å². The fraction of sp³-hybridized carbons (Fsp3) is 0.625. The lowest BCUT2D eigenvalue weighted by molar-refractivity contribution is 0.0635. The molecule has 0 saturated carbocycles. The number of hydrogen-bond donors (Lipinski definition) is 0. The topological polar surface area (TPSA) is 45.7 Å². The fourth-order valence-electron chi connectivity index (χ4n) is 3.06. The van der Waals surface area contributed by atoms with Gasteiger partial charge in [-0.2, -0.15) is 0 Å². The van der Waals surface area contributed by atoms with Crippen molar-refractivity contribution in [2.45, 2.75) is 32.2 Å². The van der Waals surface area contributed by atoms with E-state index in [0.29, 0.717) is 11.6 Å². The molecule has 3 rings (SSSR count). The third-order valence-electron chi connectivity index (χ3n) is 4.39. The third-order valence-corrected chi connectivity index (χ3v) is 4.39. The summed E-state index contributed by atoms with van der Waals surface area (Å²) in [5.74, 6) is 1.05. The van der Waals surface area contributed by atoms with Gasteiger partial charge in [0.2, 0.25) is 0 Å². The Hall–Kier alpha value is -1.62.